The summed E-state index contributed by atoms with van der Waals surface area (Å²) in [5.74, 6) is 0. The van der Waals surface area contributed by atoms with Crippen LogP contribution in [0.5, 0.6) is 0 Å². The number of aromatic nitrogens is 2. The number of para-hydroxylation sites is 2. The zero-order chi connectivity index (χ0) is 33.5. The van der Waals surface area contributed by atoms with E-state index in [4.69, 9.17) is 0 Å². The molecular weight excluding hydrogens is 637 g/mol. The molecular formula is C48H30N2S. The van der Waals surface area contributed by atoms with E-state index in [1.54, 1.807) is 0 Å². The van der Waals surface area contributed by atoms with Crippen LogP contribution >= 0.6 is 11.3 Å². The van der Waals surface area contributed by atoms with Gasteiger partial charge in [-0.2, -0.15) is 0 Å². The van der Waals surface area contributed by atoms with Crippen molar-refractivity contribution in [2.24, 2.45) is 0 Å². The van der Waals surface area contributed by atoms with Crippen LogP contribution in [0.2, 0.25) is 0 Å². The fourth-order valence-corrected chi connectivity index (χ4v) is 9.53. The molecule has 0 radical (unpaired) electrons. The van der Waals surface area contributed by atoms with Crippen molar-refractivity contribution in [3.63, 3.8) is 0 Å². The molecule has 0 aliphatic heterocycles. The van der Waals surface area contributed by atoms with Gasteiger partial charge in [0.2, 0.25) is 0 Å². The highest BCUT2D eigenvalue weighted by Crippen LogP contribution is 2.44. The van der Waals surface area contributed by atoms with Crippen molar-refractivity contribution in [2.75, 3.05) is 0 Å². The first kappa shape index (κ1) is 28.4. The van der Waals surface area contributed by atoms with Crippen LogP contribution in [0.1, 0.15) is 0 Å². The van der Waals surface area contributed by atoms with E-state index in [0.29, 0.717) is 0 Å². The molecule has 0 unspecified atom stereocenters. The second kappa shape index (κ2) is 11.0. The summed E-state index contributed by atoms with van der Waals surface area (Å²) in [6, 6.07) is 66.5. The monoisotopic (exact) mass is 666 g/mol. The summed E-state index contributed by atoms with van der Waals surface area (Å²) >= 11 is 1.88. The summed E-state index contributed by atoms with van der Waals surface area (Å²) in [5, 5.41) is 7.76. The quantitative estimate of drug-likeness (QED) is 0.177. The lowest BCUT2D eigenvalue weighted by Gasteiger charge is -2.11. The number of hydrogen-bond acceptors (Lipinski definition) is 1. The van der Waals surface area contributed by atoms with Gasteiger partial charge in [-0.3, -0.25) is 0 Å². The predicted octanol–water partition coefficient (Wildman–Crippen LogP) is 13.6. The average molecular weight is 667 g/mol. The van der Waals surface area contributed by atoms with E-state index in [0.717, 1.165) is 11.4 Å². The van der Waals surface area contributed by atoms with E-state index in [9.17, 15) is 0 Å². The van der Waals surface area contributed by atoms with Crippen LogP contribution < -0.4 is 0 Å². The third kappa shape index (κ3) is 4.22. The molecule has 0 saturated heterocycles. The molecule has 0 N–H and O–H groups in total. The van der Waals surface area contributed by atoms with E-state index in [2.05, 4.69) is 191 Å². The Morgan fingerprint density at radius 1 is 0.333 bits per heavy atom. The van der Waals surface area contributed by atoms with Crippen molar-refractivity contribution in [1.29, 1.82) is 0 Å². The average Bonchev–Trinajstić information content (AvgIpc) is 3.86. The van der Waals surface area contributed by atoms with Gasteiger partial charge in [0.15, 0.2) is 0 Å². The van der Waals surface area contributed by atoms with Crippen LogP contribution in [-0.2, 0) is 0 Å². The van der Waals surface area contributed by atoms with E-state index >= 15 is 0 Å². The van der Waals surface area contributed by atoms with E-state index < -0.39 is 0 Å². The predicted molar refractivity (Wildman–Crippen MR) is 219 cm³/mol. The summed E-state index contributed by atoms with van der Waals surface area (Å²) in [7, 11) is 0. The Morgan fingerprint density at radius 2 is 0.902 bits per heavy atom. The van der Waals surface area contributed by atoms with Gasteiger partial charge < -0.3 is 9.13 Å². The van der Waals surface area contributed by atoms with Gasteiger partial charge >= 0.3 is 0 Å². The van der Waals surface area contributed by atoms with Gasteiger partial charge in [0, 0.05) is 53.1 Å². The number of fused-ring (bicyclic) bond motifs is 10. The molecule has 0 fully saturated rings. The van der Waals surface area contributed by atoms with Crippen LogP contribution in [0.4, 0.5) is 0 Å². The van der Waals surface area contributed by atoms with E-state index in [1.807, 2.05) is 11.3 Å². The van der Waals surface area contributed by atoms with Crippen molar-refractivity contribution in [1.82, 2.24) is 9.13 Å². The fourth-order valence-electron chi connectivity index (χ4n) is 8.29. The number of thiophene rings is 1. The molecule has 0 atom stereocenters. The van der Waals surface area contributed by atoms with Crippen molar-refractivity contribution < 1.29 is 0 Å². The second-order valence-corrected chi connectivity index (χ2v) is 14.4. The van der Waals surface area contributed by atoms with Crippen molar-refractivity contribution in [3.8, 4) is 33.6 Å². The molecule has 0 aliphatic rings. The normalized spacial score (nSPS) is 11.9. The van der Waals surface area contributed by atoms with Gasteiger partial charge in [-0.15, -0.1) is 11.3 Å². The van der Waals surface area contributed by atoms with Gasteiger partial charge in [0.25, 0.3) is 0 Å². The summed E-state index contributed by atoms with van der Waals surface area (Å²) in [6.45, 7) is 0. The molecule has 0 spiro atoms. The Morgan fingerprint density at radius 3 is 1.63 bits per heavy atom. The third-order valence-electron chi connectivity index (χ3n) is 10.5. The number of benzene rings is 8. The lowest BCUT2D eigenvalue weighted by atomic mass is 10.0. The van der Waals surface area contributed by atoms with Crippen LogP contribution in [-0.4, -0.2) is 9.13 Å². The standard InChI is InChI=1S/C48H30N2S/c1-2-12-31(13-3-1)33-14-10-15-35(30-33)50-42-22-8-5-18-40(42)47-44(50)29-28-43-46(47)39-17-4-7-21-41(39)49(43)34-26-24-32(25-27-34)36-19-11-20-38-37-16-6-9-23-45(37)51-48(36)38/h1-30H. The minimum Gasteiger partial charge on any atom is -0.309 e. The minimum absolute atomic E-state index is 1.16. The smallest absolute Gasteiger partial charge is 0.0548 e. The largest absolute Gasteiger partial charge is 0.309 e. The van der Waals surface area contributed by atoms with Crippen molar-refractivity contribution in [3.05, 3.63) is 182 Å². The number of nitrogens with zero attached hydrogens (tertiary/aromatic N) is 2. The minimum atomic E-state index is 1.16. The zero-order valence-electron chi connectivity index (χ0n) is 27.6. The maximum Gasteiger partial charge on any atom is 0.0548 e. The fraction of sp³-hybridized carbons (Fsp3) is 0. The lowest BCUT2D eigenvalue weighted by molar-refractivity contribution is 1.17. The van der Waals surface area contributed by atoms with Gasteiger partial charge in [-0.1, -0.05) is 127 Å². The first-order chi connectivity index (χ1) is 25.3. The first-order valence-corrected chi connectivity index (χ1v) is 18.3. The van der Waals surface area contributed by atoms with Crippen molar-refractivity contribution in [2.45, 2.75) is 0 Å². The molecule has 8 aromatic carbocycles. The van der Waals surface area contributed by atoms with Gasteiger partial charge in [0.05, 0.1) is 22.1 Å². The third-order valence-corrected chi connectivity index (χ3v) is 11.7. The molecule has 3 heterocycles. The molecule has 0 amide bonds. The van der Waals surface area contributed by atoms with Crippen LogP contribution in [0.15, 0.2) is 182 Å². The van der Waals surface area contributed by atoms with E-state index in [1.165, 1.54) is 86.0 Å². The molecule has 3 aromatic heterocycles. The molecule has 11 rings (SSSR count). The highest BCUT2D eigenvalue weighted by molar-refractivity contribution is 7.26. The highest BCUT2D eigenvalue weighted by Gasteiger charge is 2.21. The molecule has 2 nitrogen and oxygen atoms in total. The van der Waals surface area contributed by atoms with Gasteiger partial charge in [0.1, 0.15) is 0 Å². The second-order valence-electron chi connectivity index (χ2n) is 13.3. The van der Waals surface area contributed by atoms with Crippen LogP contribution in [0, 0.1) is 0 Å². The molecule has 0 saturated carbocycles. The van der Waals surface area contributed by atoms with Crippen LogP contribution in [0.25, 0.3) is 97.4 Å². The molecule has 11 aromatic rings. The Bertz CT molecular complexity index is 3120. The summed E-state index contributed by atoms with van der Waals surface area (Å²) in [6.07, 6.45) is 0. The molecule has 0 aliphatic carbocycles. The van der Waals surface area contributed by atoms with Gasteiger partial charge in [-0.05, 0) is 76.9 Å². The summed E-state index contributed by atoms with van der Waals surface area (Å²) in [4.78, 5) is 0. The molecule has 0 bridgehead atoms. The van der Waals surface area contributed by atoms with Gasteiger partial charge in [-0.25, -0.2) is 0 Å². The Kier molecular flexibility index (Phi) is 6.16. The summed E-state index contributed by atoms with van der Waals surface area (Å²) in [5.41, 5.74) is 12.1. The number of rotatable bonds is 4. The van der Waals surface area contributed by atoms with Crippen LogP contribution in [0.3, 0.4) is 0 Å². The summed E-state index contributed by atoms with van der Waals surface area (Å²) < 4.78 is 7.55. The Hall–Kier alpha value is -6.42. The first-order valence-electron chi connectivity index (χ1n) is 17.4. The zero-order valence-corrected chi connectivity index (χ0v) is 28.4. The molecule has 3 heteroatoms. The SMILES string of the molecule is c1ccc(-c2cccc(-n3c4ccccc4c4c5c6ccccc6n(-c6ccc(-c7cccc8c7sc7ccccc78)cc6)c5ccc43)c2)cc1. The highest BCUT2D eigenvalue weighted by atomic mass is 32.1. The number of hydrogen-bond donors (Lipinski definition) is 0. The Balaban J connectivity index is 1.12. The maximum absolute atomic E-state index is 2.44. The Labute approximate surface area is 298 Å². The molecule has 51 heavy (non-hydrogen) atoms. The lowest BCUT2D eigenvalue weighted by Crippen LogP contribution is -1.95. The van der Waals surface area contributed by atoms with Crippen molar-refractivity contribution >= 4 is 75.1 Å². The van der Waals surface area contributed by atoms with E-state index in [-0.39, 0.29) is 0 Å². The topological polar surface area (TPSA) is 9.86 Å². The molecule has 238 valence electrons. The maximum atomic E-state index is 2.44.